The van der Waals surface area contributed by atoms with Crippen molar-refractivity contribution in [2.45, 2.75) is 91.6 Å². The lowest BCUT2D eigenvalue weighted by atomic mass is 9.50. The molecule has 4 aliphatic rings. The largest absolute Gasteiger partial charge is 0.462 e. The van der Waals surface area contributed by atoms with Crippen LogP contribution in [-0.2, 0) is 9.53 Å². The summed E-state index contributed by atoms with van der Waals surface area (Å²) in [6.45, 7) is 9.04. The van der Waals surface area contributed by atoms with Crippen LogP contribution < -0.4 is 0 Å². The van der Waals surface area contributed by atoms with Crippen molar-refractivity contribution in [3.05, 3.63) is 23.3 Å². The molecule has 29 heavy (non-hydrogen) atoms. The third-order valence-corrected chi connectivity index (χ3v) is 9.36. The van der Waals surface area contributed by atoms with Crippen molar-refractivity contribution in [2.24, 2.45) is 34.5 Å². The summed E-state index contributed by atoms with van der Waals surface area (Å²) in [5, 5.41) is 0. The molecular formula is C27H38O2. The molecule has 0 bridgehead atoms. The van der Waals surface area contributed by atoms with Crippen molar-refractivity contribution < 1.29 is 9.53 Å². The van der Waals surface area contributed by atoms with Crippen LogP contribution in [-0.4, -0.2) is 12.1 Å². The predicted molar refractivity (Wildman–Crippen MR) is 118 cm³/mol. The number of allylic oxidation sites excluding steroid dienone is 3. The average molecular weight is 395 g/mol. The Kier molecular flexibility index (Phi) is 5.47. The van der Waals surface area contributed by atoms with Crippen LogP contribution in [0.5, 0.6) is 0 Å². The number of carbonyl (C=O) groups is 1. The smallest absolute Gasteiger partial charge is 0.302 e. The minimum atomic E-state index is -0.143. The van der Waals surface area contributed by atoms with Gasteiger partial charge in [-0.05, 0) is 79.4 Å². The van der Waals surface area contributed by atoms with Crippen molar-refractivity contribution in [1.29, 1.82) is 0 Å². The van der Waals surface area contributed by atoms with E-state index in [2.05, 4.69) is 38.8 Å². The number of hydrogen-bond donors (Lipinski definition) is 0. The SMILES string of the molecule is C#CCCC(C)C1CCC2C3=CC=C4CC(OC(C)=O)CCC4(C)C3CCC21C. The van der Waals surface area contributed by atoms with E-state index in [0.717, 1.165) is 43.4 Å². The quantitative estimate of drug-likeness (QED) is 0.404. The number of carbonyl (C=O) groups excluding carboxylic acids is 1. The third-order valence-electron chi connectivity index (χ3n) is 9.36. The van der Waals surface area contributed by atoms with Crippen LogP contribution in [0.15, 0.2) is 23.3 Å². The first-order chi connectivity index (χ1) is 13.8. The molecule has 0 aromatic heterocycles. The Balaban J connectivity index is 1.57. The first-order valence-corrected chi connectivity index (χ1v) is 11.8. The molecule has 0 aromatic rings. The van der Waals surface area contributed by atoms with E-state index in [9.17, 15) is 4.79 Å². The van der Waals surface area contributed by atoms with Gasteiger partial charge in [0.1, 0.15) is 6.10 Å². The first-order valence-electron chi connectivity index (χ1n) is 11.8. The van der Waals surface area contributed by atoms with Gasteiger partial charge in [0.25, 0.3) is 0 Å². The summed E-state index contributed by atoms with van der Waals surface area (Å²) in [5.41, 5.74) is 3.95. The molecule has 0 aliphatic heterocycles. The second-order valence-electron chi connectivity index (χ2n) is 10.8. The third kappa shape index (κ3) is 3.39. The van der Waals surface area contributed by atoms with Gasteiger partial charge >= 0.3 is 5.97 Å². The molecule has 3 saturated carbocycles. The highest BCUT2D eigenvalue weighted by Gasteiger charge is 2.57. The van der Waals surface area contributed by atoms with E-state index < -0.39 is 0 Å². The molecule has 158 valence electrons. The summed E-state index contributed by atoms with van der Waals surface area (Å²) < 4.78 is 5.56. The van der Waals surface area contributed by atoms with Gasteiger partial charge in [-0.2, -0.15) is 0 Å². The predicted octanol–water partition coefficient (Wildman–Crippen LogP) is 6.47. The average Bonchev–Trinajstić information content (AvgIpc) is 3.03. The fraction of sp³-hybridized carbons (Fsp3) is 0.741. The summed E-state index contributed by atoms with van der Waals surface area (Å²) >= 11 is 0. The van der Waals surface area contributed by atoms with Crippen LogP contribution in [0, 0.1) is 46.8 Å². The second kappa shape index (κ2) is 7.64. The second-order valence-corrected chi connectivity index (χ2v) is 10.8. The Labute approximate surface area is 177 Å². The number of rotatable bonds is 4. The van der Waals surface area contributed by atoms with Crippen LogP contribution >= 0.6 is 0 Å². The zero-order valence-electron chi connectivity index (χ0n) is 18.8. The monoisotopic (exact) mass is 394 g/mol. The summed E-state index contributed by atoms with van der Waals surface area (Å²) in [4.78, 5) is 11.4. The Morgan fingerprint density at radius 3 is 2.72 bits per heavy atom. The van der Waals surface area contributed by atoms with Crippen molar-refractivity contribution in [3.63, 3.8) is 0 Å². The van der Waals surface area contributed by atoms with E-state index in [4.69, 9.17) is 11.2 Å². The first kappa shape index (κ1) is 20.8. The number of ether oxygens (including phenoxy) is 1. The molecule has 0 N–H and O–H groups in total. The fourth-order valence-corrected chi connectivity index (χ4v) is 7.79. The van der Waals surface area contributed by atoms with Crippen LogP contribution in [0.1, 0.15) is 85.5 Å². The van der Waals surface area contributed by atoms with Gasteiger partial charge in [0.05, 0.1) is 0 Å². The molecular weight excluding hydrogens is 356 g/mol. The Morgan fingerprint density at radius 2 is 2.00 bits per heavy atom. The van der Waals surface area contributed by atoms with Crippen LogP contribution in [0.3, 0.4) is 0 Å². The van der Waals surface area contributed by atoms with Crippen LogP contribution in [0.25, 0.3) is 0 Å². The van der Waals surface area contributed by atoms with Crippen LogP contribution in [0.4, 0.5) is 0 Å². The maximum Gasteiger partial charge on any atom is 0.302 e. The lowest BCUT2D eigenvalue weighted by molar-refractivity contribution is -0.148. The normalized spacial score (nSPS) is 41.8. The van der Waals surface area contributed by atoms with E-state index in [0.29, 0.717) is 11.3 Å². The molecule has 4 aliphatic carbocycles. The summed E-state index contributed by atoms with van der Waals surface area (Å²) in [6, 6.07) is 0. The molecule has 2 heteroatoms. The molecule has 0 radical (unpaired) electrons. The summed E-state index contributed by atoms with van der Waals surface area (Å²) in [5.74, 6) is 5.66. The maximum atomic E-state index is 11.4. The van der Waals surface area contributed by atoms with Gasteiger partial charge in [0.15, 0.2) is 0 Å². The Morgan fingerprint density at radius 1 is 1.21 bits per heavy atom. The van der Waals surface area contributed by atoms with Gasteiger partial charge in [-0.15, -0.1) is 12.3 Å². The van der Waals surface area contributed by atoms with E-state index in [1.165, 1.54) is 44.6 Å². The lowest BCUT2D eigenvalue weighted by Crippen LogP contribution is -2.46. The molecule has 2 nitrogen and oxygen atoms in total. The van der Waals surface area contributed by atoms with Gasteiger partial charge in [0, 0.05) is 19.8 Å². The van der Waals surface area contributed by atoms with Gasteiger partial charge < -0.3 is 4.74 Å². The molecule has 0 saturated heterocycles. The van der Waals surface area contributed by atoms with Gasteiger partial charge in [-0.25, -0.2) is 0 Å². The topological polar surface area (TPSA) is 26.3 Å². The van der Waals surface area contributed by atoms with E-state index in [1.54, 1.807) is 5.57 Å². The maximum absolute atomic E-state index is 11.4. The van der Waals surface area contributed by atoms with Crippen molar-refractivity contribution in [1.82, 2.24) is 0 Å². The molecule has 0 aromatic carbocycles. The standard InChI is InChI=1S/C27H38O2/c1-6-7-8-18(2)23-11-12-24-22-10-9-20-17-21(29-19(3)28)13-15-26(20,4)25(22)14-16-27(23,24)5/h1,9-10,18,21,23-25H,7-8,11-17H2,2-5H3. The molecule has 0 amide bonds. The lowest BCUT2D eigenvalue weighted by Gasteiger charge is -2.55. The molecule has 0 heterocycles. The highest BCUT2D eigenvalue weighted by atomic mass is 16.5. The van der Waals surface area contributed by atoms with Crippen molar-refractivity contribution in [2.75, 3.05) is 0 Å². The van der Waals surface area contributed by atoms with E-state index in [1.807, 2.05) is 0 Å². The molecule has 4 rings (SSSR count). The number of hydrogen-bond acceptors (Lipinski definition) is 2. The molecule has 7 atom stereocenters. The fourth-order valence-electron chi connectivity index (χ4n) is 7.79. The Bertz CT molecular complexity index is 768. The molecule has 0 spiro atoms. The number of fused-ring (bicyclic) bond motifs is 5. The minimum absolute atomic E-state index is 0.0727. The number of terminal acetylenes is 1. The van der Waals surface area contributed by atoms with Gasteiger partial charge in [-0.1, -0.05) is 44.1 Å². The van der Waals surface area contributed by atoms with Crippen molar-refractivity contribution >= 4 is 5.97 Å². The highest BCUT2D eigenvalue weighted by molar-refractivity contribution is 5.66. The van der Waals surface area contributed by atoms with Crippen LogP contribution in [0.2, 0.25) is 0 Å². The zero-order valence-corrected chi connectivity index (χ0v) is 18.8. The van der Waals surface area contributed by atoms with Crippen molar-refractivity contribution in [3.8, 4) is 12.3 Å². The number of esters is 1. The zero-order chi connectivity index (χ0) is 20.8. The Hall–Kier alpha value is -1.49. The molecule has 3 fully saturated rings. The van der Waals surface area contributed by atoms with Gasteiger partial charge in [0.2, 0.25) is 0 Å². The minimum Gasteiger partial charge on any atom is -0.462 e. The molecule has 7 unspecified atom stereocenters. The van der Waals surface area contributed by atoms with E-state index >= 15 is 0 Å². The summed E-state index contributed by atoms with van der Waals surface area (Å²) in [6.07, 6.45) is 21.0. The highest BCUT2D eigenvalue weighted by Crippen LogP contribution is 2.66. The summed E-state index contributed by atoms with van der Waals surface area (Å²) in [7, 11) is 0. The van der Waals surface area contributed by atoms with E-state index in [-0.39, 0.29) is 17.5 Å². The van der Waals surface area contributed by atoms with Gasteiger partial charge in [-0.3, -0.25) is 4.79 Å².